The molecule has 1 aliphatic heterocycles. The van der Waals surface area contributed by atoms with E-state index in [-0.39, 0.29) is 19.6 Å². The van der Waals surface area contributed by atoms with Crippen molar-refractivity contribution in [3.05, 3.63) is 24.3 Å². The van der Waals surface area contributed by atoms with E-state index in [1.165, 1.54) is 109 Å². The molecule has 0 aliphatic carbocycles. The van der Waals surface area contributed by atoms with Crippen molar-refractivity contribution in [1.82, 2.24) is 0 Å². The number of carbonyl (C=O) groups is 1. The number of aliphatic hydroxyl groups excluding tert-OH is 3. The molecule has 1 fully saturated rings. The van der Waals surface area contributed by atoms with E-state index in [0.29, 0.717) is 13.0 Å². The van der Waals surface area contributed by atoms with Crippen molar-refractivity contribution in [2.24, 2.45) is 0 Å². The highest BCUT2D eigenvalue weighted by molar-refractivity contribution is 7.80. The third-order valence-electron chi connectivity index (χ3n) is 10.3. The third kappa shape index (κ3) is 30.3. The molecule has 0 amide bonds. The molecule has 1 rings (SSSR count). The van der Waals surface area contributed by atoms with Gasteiger partial charge in [-0.2, -0.15) is 8.42 Å². The van der Waals surface area contributed by atoms with E-state index >= 15 is 0 Å². The van der Waals surface area contributed by atoms with Gasteiger partial charge in [0.15, 0.2) is 6.29 Å². The second-order valence-corrected chi connectivity index (χ2v) is 16.7. The Bertz CT molecular complexity index is 1100. The maximum Gasteiger partial charge on any atom is 0.397 e. The number of esters is 1. The summed E-state index contributed by atoms with van der Waals surface area (Å²) in [7, 11) is -5.06. The molecule has 0 bridgehead atoms. The van der Waals surface area contributed by atoms with Crippen molar-refractivity contribution in [2.75, 3.05) is 26.4 Å². The van der Waals surface area contributed by atoms with Gasteiger partial charge < -0.3 is 34.3 Å². The highest BCUT2D eigenvalue weighted by Crippen LogP contribution is 2.26. The van der Waals surface area contributed by atoms with Crippen LogP contribution >= 0.6 is 0 Å². The molecule has 57 heavy (non-hydrogen) atoms. The number of carbonyl (C=O) groups excluding carboxylic acids is 1. The van der Waals surface area contributed by atoms with Crippen LogP contribution in [0.15, 0.2) is 24.3 Å². The maximum absolute atomic E-state index is 12.8. The van der Waals surface area contributed by atoms with Crippen molar-refractivity contribution < 1.29 is 56.2 Å². The molecule has 1 aliphatic rings. The Kier molecular flexibility index (Phi) is 34.3. The van der Waals surface area contributed by atoms with E-state index in [0.717, 1.165) is 51.4 Å². The van der Waals surface area contributed by atoms with Crippen molar-refractivity contribution in [1.29, 1.82) is 0 Å². The molecule has 0 saturated carbocycles. The molecule has 1 saturated heterocycles. The van der Waals surface area contributed by atoms with Crippen LogP contribution in [0.25, 0.3) is 0 Å². The van der Waals surface area contributed by atoms with Gasteiger partial charge in [-0.15, -0.1) is 0 Å². The summed E-state index contributed by atoms with van der Waals surface area (Å²) in [6, 6.07) is 0. The molecule has 6 atom stereocenters. The van der Waals surface area contributed by atoms with Gasteiger partial charge in [0, 0.05) is 13.0 Å². The average Bonchev–Trinajstić information content (AvgIpc) is 3.18. The summed E-state index contributed by atoms with van der Waals surface area (Å²) < 4.78 is 58.9. The highest BCUT2D eigenvalue weighted by atomic mass is 32.3. The molecule has 336 valence electrons. The number of ether oxygens (including phenoxy) is 4. The van der Waals surface area contributed by atoms with E-state index in [2.05, 4.69) is 42.3 Å². The van der Waals surface area contributed by atoms with Crippen LogP contribution in [0.3, 0.4) is 0 Å². The second kappa shape index (κ2) is 36.4. The van der Waals surface area contributed by atoms with E-state index < -0.39 is 59.8 Å². The van der Waals surface area contributed by atoms with Gasteiger partial charge in [-0.1, -0.05) is 160 Å². The monoisotopic (exact) mass is 835 g/mol. The van der Waals surface area contributed by atoms with Crippen molar-refractivity contribution in [3.63, 3.8) is 0 Å². The molecule has 6 unspecified atom stereocenters. The molecule has 12 nitrogen and oxygen atoms in total. The van der Waals surface area contributed by atoms with Gasteiger partial charge in [-0.25, -0.2) is 4.18 Å². The molecule has 0 aromatic heterocycles. The van der Waals surface area contributed by atoms with Crippen molar-refractivity contribution >= 4 is 16.4 Å². The van der Waals surface area contributed by atoms with Crippen LogP contribution in [0.4, 0.5) is 0 Å². The largest absolute Gasteiger partial charge is 0.457 e. The minimum absolute atomic E-state index is 0.0372. The smallest absolute Gasteiger partial charge is 0.397 e. The van der Waals surface area contributed by atoms with Crippen molar-refractivity contribution in [3.8, 4) is 0 Å². The summed E-state index contributed by atoms with van der Waals surface area (Å²) in [5, 5.41) is 30.6. The van der Waals surface area contributed by atoms with E-state index in [4.69, 9.17) is 23.5 Å². The van der Waals surface area contributed by atoms with Crippen LogP contribution in [0.1, 0.15) is 187 Å². The quantitative estimate of drug-likeness (QED) is 0.0200. The van der Waals surface area contributed by atoms with Gasteiger partial charge in [0.25, 0.3) is 0 Å². The van der Waals surface area contributed by atoms with Crippen LogP contribution in [0.5, 0.6) is 0 Å². The fourth-order valence-corrected chi connectivity index (χ4v) is 7.39. The van der Waals surface area contributed by atoms with Crippen LogP contribution in [0.2, 0.25) is 0 Å². The zero-order valence-corrected chi connectivity index (χ0v) is 36.5. The van der Waals surface area contributed by atoms with Gasteiger partial charge >= 0.3 is 16.4 Å². The number of aliphatic hydroxyl groups is 3. The van der Waals surface area contributed by atoms with E-state index in [1.807, 2.05) is 0 Å². The predicted molar refractivity (Wildman–Crippen MR) is 225 cm³/mol. The third-order valence-corrected chi connectivity index (χ3v) is 10.8. The first kappa shape index (κ1) is 53.6. The van der Waals surface area contributed by atoms with Gasteiger partial charge in [0.05, 0.1) is 19.8 Å². The standard InChI is InChI=1S/C44H82O12S/c1-3-5-7-9-11-13-14-15-16-17-18-19-20-21-22-23-24-25-27-29-31-33-40(46)54-38(36-52-34-32-30-28-26-12-10-8-6-4-2)37-53-44-42(48)43(56-57(49,50)51)41(47)39(35-45)55-44/h14-15,17-18,38-39,41-45,47-48H,3-13,16,19-37H2,1-2H3,(H,49,50,51)/b15-14-,18-17-. The zero-order chi connectivity index (χ0) is 41.8. The lowest BCUT2D eigenvalue weighted by Gasteiger charge is -2.41. The molecule has 4 N–H and O–H groups in total. The summed E-state index contributed by atoms with van der Waals surface area (Å²) in [5.74, 6) is -0.403. The highest BCUT2D eigenvalue weighted by Gasteiger charge is 2.48. The summed E-state index contributed by atoms with van der Waals surface area (Å²) >= 11 is 0. The Morgan fingerprint density at radius 2 is 1.16 bits per heavy atom. The number of rotatable bonds is 39. The summed E-state index contributed by atoms with van der Waals surface area (Å²) in [5.41, 5.74) is 0. The molecule has 0 aromatic rings. The number of allylic oxidation sites excluding steroid dienone is 4. The van der Waals surface area contributed by atoms with Gasteiger partial charge in [-0.05, 0) is 44.9 Å². The van der Waals surface area contributed by atoms with Gasteiger partial charge in [-0.3, -0.25) is 9.35 Å². The normalized spacial score (nSPS) is 20.8. The first-order chi connectivity index (χ1) is 27.6. The maximum atomic E-state index is 12.8. The van der Waals surface area contributed by atoms with Crippen LogP contribution in [0, 0.1) is 0 Å². The number of hydrogen-bond donors (Lipinski definition) is 4. The Morgan fingerprint density at radius 1 is 0.667 bits per heavy atom. The second-order valence-electron chi connectivity index (χ2n) is 15.6. The van der Waals surface area contributed by atoms with Crippen molar-refractivity contribution in [2.45, 2.75) is 224 Å². The fraction of sp³-hybridized carbons (Fsp3) is 0.886. The molecule has 0 spiro atoms. The predicted octanol–water partition coefficient (Wildman–Crippen LogP) is 9.24. The fourth-order valence-electron chi connectivity index (χ4n) is 6.88. The minimum atomic E-state index is -5.06. The molecular formula is C44H82O12S. The van der Waals surface area contributed by atoms with E-state index in [1.54, 1.807) is 0 Å². The Morgan fingerprint density at radius 3 is 1.67 bits per heavy atom. The topological polar surface area (TPSA) is 178 Å². The lowest BCUT2D eigenvalue weighted by Crippen LogP contribution is -2.60. The zero-order valence-electron chi connectivity index (χ0n) is 35.7. The lowest BCUT2D eigenvalue weighted by molar-refractivity contribution is -0.301. The Labute approximate surface area is 346 Å². The summed E-state index contributed by atoms with van der Waals surface area (Å²) in [6.07, 6.45) is 30.8. The summed E-state index contributed by atoms with van der Waals surface area (Å²) in [6.45, 7) is 3.96. The summed E-state index contributed by atoms with van der Waals surface area (Å²) in [4.78, 5) is 12.8. The molecule has 13 heteroatoms. The molecule has 1 heterocycles. The number of hydrogen-bond acceptors (Lipinski definition) is 11. The van der Waals surface area contributed by atoms with Gasteiger partial charge in [0.1, 0.15) is 30.5 Å². The molecule has 0 aromatic carbocycles. The number of unbranched alkanes of at least 4 members (excludes halogenated alkanes) is 22. The first-order valence-corrected chi connectivity index (χ1v) is 24.0. The van der Waals surface area contributed by atoms with Crippen LogP contribution < -0.4 is 0 Å². The minimum Gasteiger partial charge on any atom is -0.457 e. The SMILES string of the molecule is CCCCCCC/C=C\C/C=C\CCCCCCCCCCCC(=O)OC(COCCCCCCCCCCC)COC1OC(CO)C(O)C(OS(=O)(=O)O)C1O. The van der Waals surface area contributed by atoms with Crippen LogP contribution in [-0.2, 0) is 38.3 Å². The average molecular weight is 835 g/mol. The Balaban J connectivity index is 2.36. The van der Waals surface area contributed by atoms with Gasteiger partial charge in [0.2, 0.25) is 0 Å². The van der Waals surface area contributed by atoms with Crippen LogP contribution in [-0.4, -0.2) is 97.5 Å². The molecular weight excluding hydrogens is 753 g/mol. The van der Waals surface area contributed by atoms with E-state index in [9.17, 15) is 28.5 Å². The first-order valence-electron chi connectivity index (χ1n) is 22.6. The molecule has 0 radical (unpaired) electrons. The Hall–Kier alpha value is -1.42. The lowest BCUT2D eigenvalue weighted by atomic mass is 9.99.